The van der Waals surface area contributed by atoms with Gasteiger partial charge in [-0.25, -0.2) is 18.1 Å². The maximum atomic E-state index is 13.2. The summed E-state index contributed by atoms with van der Waals surface area (Å²) in [5, 5.41) is 10.8. The van der Waals surface area contributed by atoms with E-state index in [-0.39, 0.29) is 22.8 Å². The summed E-state index contributed by atoms with van der Waals surface area (Å²) in [6, 6.07) is 12.3. The molecule has 2 aliphatic rings. The molecule has 6 nitrogen and oxygen atoms in total. The highest BCUT2D eigenvalue weighted by Gasteiger charge is 2.48. The molecule has 1 aromatic heterocycles. The van der Waals surface area contributed by atoms with Crippen LogP contribution in [0, 0.1) is 11.8 Å². The molecule has 4 unspecified atom stereocenters. The molecule has 5 rings (SSSR count). The van der Waals surface area contributed by atoms with E-state index in [0.29, 0.717) is 29.3 Å². The molecule has 2 aliphatic carbocycles. The standard InChI is InChI=1S/C23H23ClN2O4S/c24-18-6-8-21(31(28,29)26-20-13-16-5-7-19(20)22(16)27)17(12-18)11-14-1-3-15(4-2-14)23-25-9-10-30-23/h1-4,6,8-10,12,16,19-20,22,26-27H,5,7,11,13H2. The van der Waals surface area contributed by atoms with Crippen molar-refractivity contribution in [2.45, 2.75) is 42.7 Å². The maximum Gasteiger partial charge on any atom is 0.241 e. The number of hydrogen-bond donors (Lipinski definition) is 2. The molecule has 1 heterocycles. The zero-order chi connectivity index (χ0) is 21.6. The van der Waals surface area contributed by atoms with E-state index < -0.39 is 16.1 Å². The van der Waals surface area contributed by atoms with Crippen LogP contribution in [0.2, 0.25) is 5.02 Å². The molecular weight excluding hydrogens is 436 g/mol. The first-order chi connectivity index (χ1) is 14.9. The largest absolute Gasteiger partial charge is 0.445 e. The molecule has 0 saturated heterocycles. The first-order valence-corrected chi connectivity index (χ1v) is 12.2. The number of nitrogens with one attached hydrogen (secondary N) is 1. The average Bonchev–Trinajstić information content (AvgIpc) is 3.45. The Kier molecular flexibility index (Phi) is 5.38. The normalized spacial score (nSPS) is 25.2. The van der Waals surface area contributed by atoms with Crippen molar-refractivity contribution in [2.75, 3.05) is 0 Å². The van der Waals surface area contributed by atoms with Gasteiger partial charge in [0, 0.05) is 22.5 Å². The third kappa shape index (κ3) is 4.03. The smallest absolute Gasteiger partial charge is 0.241 e. The van der Waals surface area contributed by atoms with E-state index in [1.807, 2.05) is 24.3 Å². The van der Waals surface area contributed by atoms with Crippen molar-refractivity contribution >= 4 is 21.6 Å². The van der Waals surface area contributed by atoms with Crippen LogP contribution in [0.1, 0.15) is 30.4 Å². The van der Waals surface area contributed by atoms with Crippen molar-refractivity contribution in [2.24, 2.45) is 11.8 Å². The number of sulfonamides is 1. The van der Waals surface area contributed by atoms with Crippen LogP contribution in [-0.4, -0.2) is 30.7 Å². The molecular formula is C23H23ClN2O4S. The number of aliphatic hydroxyl groups is 1. The summed E-state index contributed by atoms with van der Waals surface area (Å²) in [7, 11) is -3.75. The summed E-state index contributed by atoms with van der Waals surface area (Å²) in [5.74, 6) is 0.734. The van der Waals surface area contributed by atoms with Crippen LogP contribution in [-0.2, 0) is 16.4 Å². The molecule has 2 fully saturated rings. The number of halogens is 1. The Morgan fingerprint density at radius 1 is 1.16 bits per heavy atom. The van der Waals surface area contributed by atoms with E-state index in [4.69, 9.17) is 16.0 Å². The zero-order valence-corrected chi connectivity index (χ0v) is 18.3. The summed E-state index contributed by atoms with van der Waals surface area (Å²) in [6.45, 7) is 0. The van der Waals surface area contributed by atoms with E-state index in [9.17, 15) is 13.5 Å². The van der Waals surface area contributed by atoms with Gasteiger partial charge in [-0.05, 0) is 73.1 Å². The fraction of sp³-hybridized carbons (Fsp3) is 0.348. The van der Waals surface area contributed by atoms with Crippen LogP contribution in [0.25, 0.3) is 11.5 Å². The maximum absolute atomic E-state index is 13.2. The van der Waals surface area contributed by atoms with Crippen LogP contribution in [0.5, 0.6) is 0 Å². The van der Waals surface area contributed by atoms with Gasteiger partial charge in [0.05, 0.1) is 17.2 Å². The number of benzene rings is 2. The lowest BCUT2D eigenvalue weighted by molar-refractivity contribution is 0.125. The zero-order valence-electron chi connectivity index (χ0n) is 16.7. The van der Waals surface area contributed by atoms with Crippen LogP contribution in [0.15, 0.2) is 64.2 Å². The van der Waals surface area contributed by atoms with E-state index >= 15 is 0 Å². The summed E-state index contributed by atoms with van der Waals surface area (Å²) < 4.78 is 34.7. The lowest BCUT2D eigenvalue weighted by Crippen LogP contribution is -2.39. The first kappa shape index (κ1) is 20.7. The highest BCUT2D eigenvalue weighted by Crippen LogP contribution is 2.45. The Hall–Kier alpha value is -2.19. The van der Waals surface area contributed by atoms with Gasteiger partial charge in [-0.2, -0.15) is 0 Å². The Labute approximate surface area is 186 Å². The minimum Gasteiger partial charge on any atom is -0.445 e. The monoisotopic (exact) mass is 458 g/mol. The van der Waals surface area contributed by atoms with Gasteiger partial charge in [-0.15, -0.1) is 0 Å². The molecule has 0 spiro atoms. The van der Waals surface area contributed by atoms with Gasteiger partial charge in [-0.1, -0.05) is 23.7 Å². The van der Waals surface area contributed by atoms with E-state index in [2.05, 4.69) is 9.71 Å². The number of hydrogen-bond acceptors (Lipinski definition) is 5. The van der Waals surface area contributed by atoms with Crippen LogP contribution in [0.3, 0.4) is 0 Å². The number of aliphatic hydroxyl groups excluding tert-OH is 1. The number of nitrogens with zero attached hydrogens (tertiary/aromatic N) is 1. The molecule has 2 N–H and O–H groups in total. The SMILES string of the molecule is O=S(=O)(NC1CC2CCC1C2O)c1ccc(Cl)cc1Cc1ccc(-c2ncco2)cc1. The molecule has 2 saturated carbocycles. The second-order valence-electron chi connectivity index (χ2n) is 8.42. The minimum atomic E-state index is -3.75. The quantitative estimate of drug-likeness (QED) is 0.582. The molecule has 3 aromatic rings. The highest BCUT2D eigenvalue weighted by atomic mass is 35.5. The molecule has 2 aromatic carbocycles. The Bertz CT molecular complexity index is 1180. The fourth-order valence-corrected chi connectivity index (χ4v) is 6.71. The fourth-order valence-electron chi connectivity index (χ4n) is 4.99. The van der Waals surface area contributed by atoms with Crippen molar-refractivity contribution in [1.82, 2.24) is 9.71 Å². The lowest BCUT2D eigenvalue weighted by Gasteiger charge is -2.23. The average molecular weight is 459 g/mol. The first-order valence-electron chi connectivity index (χ1n) is 10.4. The van der Waals surface area contributed by atoms with Gasteiger partial charge in [0.2, 0.25) is 15.9 Å². The third-order valence-corrected chi connectivity index (χ3v) is 8.34. The molecule has 4 atom stereocenters. The lowest BCUT2D eigenvalue weighted by atomic mass is 9.96. The van der Waals surface area contributed by atoms with Crippen molar-refractivity contribution in [3.8, 4) is 11.5 Å². The second kappa shape index (κ2) is 8.06. The topological polar surface area (TPSA) is 92.4 Å². The predicted molar refractivity (Wildman–Crippen MR) is 117 cm³/mol. The molecule has 0 amide bonds. The Morgan fingerprint density at radius 2 is 1.97 bits per heavy atom. The number of rotatable bonds is 6. The van der Waals surface area contributed by atoms with Gasteiger partial charge in [0.15, 0.2) is 0 Å². The van der Waals surface area contributed by atoms with E-state index in [1.54, 1.807) is 24.4 Å². The molecule has 8 heteroatoms. The Balaban J connectivity index is 1.39. The predicted octanol–water partition coefficient (Wildman–Crippen LogP) is 4.02. The van der Waals surface area contributed by atoms with Crippen molar-refractivity contribution in [1.29, 1.82) is 0 Å². The van der Waals surface area contributed by atoms with Crippen LogP contribution < -0.4 is 4.72 Å². The van der Waals surface area contributed by atoms with E-state index in [1.165, 1.54) is 6.26 Å². The third-order valence-electron chi connectivity index (χ3n) is 6.51. The Morgan fingerprint density at radius 3 is 2.61 bits per heavy atom. The molecule has 31 heavy (non-hydrogen) atoms. The van der Waals surface area contributed by atoms with Gasteiger partial charge in [-0.3, -0.25) is 0 Å². The molecule has 162 valence electrons. The van der Waals surface area contributed by atoms with Crippen LogP contribution >= 0.6 is 11.6 Å². The highest BCUT2D eigenvalue weighted by molar-refractivity contribution is 7.89. The molecule has 2 bridgehead atoms. The van der Waals surface area contributed by atoms with Gasteiger partial charge >= 0.3 is 0 Å². The molecule has 0 radical (unpaired) electrons. The van der Waals surface area contributed by atoms with Crippen LogP contribution in [0.4, 0.5) is 0 Å². The number of fused-ring (bicyclic) bond motifs is 2. The second-order valence-corrected chi connectivity index (χ2v) is 10.5. The van der Waals surface area contributed by atoms with E-state index in [0.717, 1.165) is 24.0 Å². The summed E-state index contributed by atoms with van der Waals surface area (Å²) in [6.07, 6.45) is 5.66. The van der Waals surface area contributed by atoms with Crippen molar-refractivity contribution in [3.05, 3.63) is 71.1 Å². The summed E-state index contributed by atoms with van der Waals surface area (Å²) >= 11 is 6.20. The van der Waals surface area contributed by atoms with Gasteiger partial charge in [0.25, 0.3) is 0 Å². The van der Waals surface area contributed by atoms with Crippen molar-refractivity contribution < 1.29 is 17.9 Å². The summed E-state index contributed by atoms with van der Waals surface area (Å²) in [4.78, 5) is 4.37. The number of aromatic nitrogens is 1. The van der Waals surface area contributed by atoms with Gasteiger partial charge in [0.1, 0.15) is 6.26 Å². The molecule has 0 aliphatic heterocycles. The summed E-state index contributed by atoms with van der Waals surface area (Å²) in [5.41, 5.74) is 2.43. The van der Waals surface area contributed by atoms with Gasteiger partial charge < -0.3 is 9.52 Å². The number of oxazole rings is 1. The minimum absolute atomic E-state index is 0.00159. The van der Waals surface area contributed by atoms with Crippen molar-refractivity contribution in [3.63, 3.8) is 0 Å².